The first-order valence-corrected chi connectivity index (χ1v) is 9.56. The van der Waals surface area contributed by atoms with Crippen molar-refractivity contribution in [2.45, 2.75) is 50.9 Å². The number of halogens is 1. The highest BCUT2D eigenvalue weighted by Crippen LogP contribution is 2.54. The Hall–Kier alpha value is -1.96. The molecule has 3 heterocycles. The average molecular weight is 392 g/mol. The number of aliphatic hydroxyl groups excluding tert-OH is 1. The number of benzene rings is 1. The lowest BCUT2D eigenvalue weighted by Gasteiger charge is -2.31. The summed E-state index contributed by atoms with van der Waals surface area (Å²) in [6.45, 7) is 5.27. The average Bonchev–Trinajstić information content (AvgIpc) is 3.20. The van der Waals surface area contributed by atoms with Crippen molar-refractivity contribution in [3.63, 3.8) is 0 Å². The van der Waals surface area contributed by atoms with Crippen molar-refractivity contribution < 1.29 is 19.5 Å². The Morgan fingerprint density at radius 2 is 1.96 bits per heavy atom. The Morgan fingerprint density at radius 3 is 2.59 bits per heavy atom. The van der Waals surface area contributed by atoms with E-state index in [0.29, 0.717) is 22.7 Å². The summed E-state index contributed by atoms with van der Waals surface area (Å²) in [7, 11) is 0. The van der Waals surface area contributed by atoms with E-state index >= 15 is 0 Å². The number of nitrogens with one attached hydrogen (secondary N) is 2. The van der Waals surface area contributed by atoms with Gasteiger partial charge in [-0.3, -0.25) is 24.6 Å². The van der Waals surface area contributed by atoms with Crippen molar-refractivity contribution in [2.75, 3.05) is 5.32 Å². The van der Waals surface area contributed by atoms with Crippen molar-refractivity contribution in [1.82, 2.24) is 10.2 Å². The fraction of sp³-hybridized carbons (Fsp3) is 0.526. The molecule has 0 bridgehead atoms. The summed E-state index contributed by atoms with van der Waals surface area (Å²) in [6.07, 6.45) is -0.299. The Kier molecular flexibility index (Phi) is 4.10. The number of nitrogens with zero attached hydrogens (tertiary/aromatic N) is 1. The first-order valence-electron chi connectivity index (χ1n) is 9.18. The molecule has 144 valence electrons. The minimum atomic E-state index is -1.42. The van der Waals surface area contributed by atoms with Gasteiger partial charge in [0.15, 0.2) is 0 Å². The van der Waals surface area contributed by atoms with Gasteiger partial charge in [0.1, 0.15) is 5.54 Å². The predicted molar refractivity (Wildman–Crippen MR) is 99.0 cm³/mol. The van der Waals surface area contributed by atoms with Gasteiger partial charge in [0.05, 0.1) is 17.9 Å². The monoisotopic (exact) mass is 391 g/mol. The van der Waals surface area contributed by atoms with E-state index < -0.39 is 35.4 Å². The second kappa shape index (κ2) is 6.02. The lowest BCUT2D eigenvalue weighted by Crippen LogP contribution is -2.55. The number of hydrogen-bond donors (Lipinski definition) is 3. The van der Waals surface area contributed by atoms with Crippen molar-refractivity contribution >= 4 is 35.0 Å². The van der Waals surface area contributed by atoms with Gasteiger partial charge in [-0.15, -0.1) is 0 Å². The Bertz CT molecular complexity index is 857. The van der Waals surface area contributed by atoms with Crippen molar-refractivity contribution in [1.29, 1.82) is 0 Å². The normalized spacial score (nSPS) is 34.0. The Labute approximate surface area is 162 Å². The highest BCUT2D eigenvalue weighted by Gasteiger charge is 2.71. The molecule has 27 heavy (non-hydrogen) atoms. The van der Waals surface area contributed by atoms with E-state index in [4.69, 9.17) is 11.6 Å². The zero-order valence-electron chi connectivity index (χ0n) is 15.3. The molecule has 3 aliphatic rings. The molecule has 3 N–H and O–H groups in total. The molecular formula is C19H22ClN3O4. The molecule has 0 aliphatic carbocycles. The molecule has 7 nitrogen and oxygen atoms in total. The van der Waals surface area contributed by atoms with Gasteiger partial charge in [-0.2, -0.15) is 0 Å². The highest BCUT2D eigenvalue weighted by atomic mass is 35.5. The van der Waals surface area contributed by atoms with Crippen LogP contribution in [0, 0.1) is 11.8 Å². The number of fused-ring (bicyclic) bond motifs is 4. The van der Waals surface area contributed by atoms with Gasteiger partial charge >= 0.3 is 0 Å². The van der Waals surface area contributed by atoms with Crippen molar-refractivity contribution in [3.05, 3.63) is 28.8 Å². The van der Waals surface area contributed by atoms with Gasteiger partial charge in [0.25, 0.3) is 0 Å². The van der Waals surface area contributed by atoms with E-state index in [2.05, 4.69) is 10.6 Å². The molecule has 1 spiro atoms. The maximum absolute atomic E-state index is 13.3. The highest BCUT2D eigenvalue weighted by molar-refractivity contribution is 6.31. The first-order chi connectivity index (χ1) is 12.7. The van der Waals surface area contributed by atoms with Crippen molar-refractivity contribution in [3.8, 4) is 0 Å². The van der Waals surface area contributed by atoms with E-state index in [1.807, 2.05) is 13.8 Å². The maximum atomic E-state index is 13.3. The number of likely N-dealkylation sites (tertiary alicyclic amines) is 1. The molecule has 2 saturated heterocycles. The van der Waals surface area contributed by atoms with Crippen LogP contribution in [-0.2, 0) is 19.9 Å². The summed E-state index contributed by atoms with van der Waals surface area (Å²) in [6, 6.07) is 4.00. The standard InChI is InChI=1S/C19H22ClN3O4/c1-4-8(2)23-16(25)13-14(17(23)26)19(22-15(13)9(3)24)11-7-10(20)5-6-12(11)21-18(19)27/h5-9,13-15,22,24H,4H2,1-3H3,(H,21,27)/t8-,9-,13+,14+,15+,19+/m1/s1. The molecule has 1 aromatic carbocycles. The number of rotatable bonds is 3. The van der Waals surface area contributed by atoms with Crippen LogP contribution in [0.15, 0.2) is 18.2 Å². The second-order valence-electron chi connectivity index (χ2n) is 7.67. The van der Waals surface area contributed by atoms with E-state index in [9.17, 15) is 19.5 Å². The molecule has 0 radical (unpaired) electrons. The quantitative estimate of drug-likeness (QED) is 0.673. The number of aliphatic hydroxyl groups is 1. The summed E-state index contributed by atoms with van der Waals surface area (Å²) in [5, 5.41) is 16.7. The third-order valence-electron chi connectivity index (χ3n) is 6.20. The summed E-state index contributed by atoms with van der Waals surface area (Å²) in [4.78, 5) is 40.8. The predicted octanol–water partition coefficient (Wildman–Crippen LogP) is 1.24. The molecular weight excluding hydrogens is 370 g/mol. The van der Waals surface area contributed by atoms with Gasteiger partial charge < -0.3 is 10.4 Å². The largest absolute Gasteiger partial charge is 0.392 e. The third-order valence-corrected chi connectivity index (χ3v) is 6.43. The van der Waals surface area contributed by atoms with Crippen LogP contribution >= 0.6 is 11.6 Å². The first kappa shape index (κ1) is 18.4. The molecule has 3 aliphatic heterocycles. The number of imide groups is 1. The topological polar surface area (TPSA) is 98.7 Å². The minimum absolute atomic E-state index is 0.273. The molecule has 0 unspecified atom stereocenters. The van der Waals surface area contributed by atoms with Crippen LogP contribution in [0.25, 0.3) is 0 Å². The molecule has 4 rings (SSSR count). The van der Waals surface area contributed by atoms with Gasteiger partial charge in [-0.05, 0) is 38.5 Å². The zero-order chi connectivity index (χ0) is 19.7. The van der Waals surface area contributed by atoms with Crippen LogP contribution < -0.4 is 10.6 Å². The zero-order valence-corrected chi connectivity index (χ0v) is 16.1. The molecule has 8 heteroatoms. The van der Waals surface area contributed by atoms with Crippen LogP contribution in [0.4, 0.5) is 5.69 Å². The van der Waals surface area contributed by atoms with Crippen LogP contribution in [-0.4, -0.2) is 45.9 Å². The second-order valence-corrected chi connectivity index (χ2v) is 8.11. The molecule has 0 aromatic heterocycles. The molecule has 2 fully saturated rings. The van der Waals surface area contributed by atoms with E-state index in [0.717, 1.165) is 0 Å². The van der Waals surface area contributed by atoms with Gasteiger partial charge in [-0.25, -0.2) is 0 Å². The van der Waals surface area contributed by atoms with Crippen LogP contribution in [0.1, 0.15) is 32.8 Å². The van der Waals surface area contributed by atoms with Gasteiger partial charge in [-0.1, -0.05) is 18.5 Å². The molecule has 3 amide bonds. The smallest absolute Gasteiger partial charge is 0.250 e. The van der Waals surface area contributed by atoms with E-state index in [1.54, 1.807) is 25.1 Å². The fourth-order valence-corrected chi connectivity index (χ4v) is 4.93. The van der Waals surface area contributed by atoms with Crippen LogP contribution in [0.3, 0.4) is 0 Å². The number of amides is 3. The number of carbonyl (C=O) groups is 3. The summed E-state index contributed by atoms with van der Waals surface area (Å²) < 4.78 is 0. The Morgan fingerprint density at radius 1 is 1.26 bits per heavy atom. The number of anilines is 1. The minimum Gasteiger partial charge on any atom is -0.392 e. The van der Waals surface area contributed by atoms with E-state index in [1.165, 1.54) is 4.90 Å². The molecule has 0 saturated carbocycles. The lowest BCUT2D eigenvalue weighted by atomic mass is 9.76. The number of hydrogen-bond acceptors (Lipinski definition) is 5. The van der Waals surface area contributed by atoms with E-state index in [-0.39, 0.29) is 17.9 Å². The summed E-state index contributed by atoms with van der Waals surface area (Å²) >= 11 is 6.16. The van der Waals surface area contributed by atoms with Crippen LogP contribution in [0.5, 0.6) is 0 Å². The fourth-order valence-electron chi connectivity index (χ4n) is 4.76. The summed E-state index contributed by atoms with van der Waals surface area (Å²) in [5.41, 5.74) is -0.309. The van der Waals surface area contributed by atoms with Crippen molar-refractivity contribution in [2.24, 2.45) is 11.8 Å². The maximum Gasteiger partial charge on any atom is 0.250 e. The molecule has 6 atom stereocenters. The van der Waals surface area contributed by atoms with Gasteiger partial charge in [0, 0.05) is 28.4 Å². The summed E-state index contributed by atoms with van der Waals surface area (Å²) in [5.74, 6) is -2.83. The number of carbonyl (C=O) groups excluding carboxylic acids is 3. The molecule has 1 aromatic rings. The lowest BCUT2D eigenvalue weighted by molar-refractivity contribution is -0.145. The SMILES string of the molecule is CC[C@@H](C)N1C(=O)[C@@H]2[C@H]([C@@H](C)O)N[C@]3(C(=O)Nc4ccc(Cl)cc43)[C@@H]2C1=O. The Balaban J connectivity index is 1.92. The van der Waals surface area contributed by atoms with Gasteiger partial charge in [0.2, 0.25) is 17.7 Å². The van der Waals surface area contributed by atoms with Crippen LogP contribution in [0.2, 0.25) is 5.02 Å². The third kappa shape index (κ3) is 2.25.